The van der Waals surface area contributed by atoms with Crippen LogP contribution in [-0.2, 0) is 19.1 Å². The molecule has 0 saturated carbocycles. The second kappa shape index (κ2) is 10.4. The molecule has 3 N–H and O–H groups in total. The highest BCUT2D eigenvalue weighted by atomic mass is 16.5. The van der Waals surface area contributed by atoms with Gasteiger partial charge in [-0.05, 0) is 11.6 Å². The first-order valence-corrected chi connectivity index (χ1v) is 8.73. The second-order valence-electron chi connectivity index (χ2n) is 5.91. The Balaban J connectivity index is 2.32. The lowest BCUT2D eigenvalue weighted by atomic mass is 10.1. The highest BCUT2D eigenvalue weighted by Gasteiger charge is 2.28. The van der Waals surface area contributed by atoms with Crippen LogP contribution in [0.2, 0.25) is 0 Å². The highest BCUT2D eigenvalue weighted by Crippen LogP contribution is 2.19. The summed E-state index contributed by atoms with van der Waals surface area (Å²) >= 11 is 0. The fourth-order valence-corrected chi connectivity index (χ4v) is 2.36. The Bertz CT molecular complexity index is 910. The minimum absolute atomic E-state index is 0.141. The van der Waals surface area contributed by atoms with Crippen LogP contribution in [0.3, 0.4) is 0 Å². The molecule has 0 spiro atoms. The average molecular weight is 395 g/mol. The van der Waals surface area contributed by atoms with Crippen LogP contribution in [0.1, 0.15) is 24.2 Å². The summed E-state index contributed by atoms with van der Waals surface area (Å²) in [6.07, 6.45) is 0.0385. The SMILES string of the molecule is CNC(=O)NC(=O)C(OC(=O)/C(=C/c1ccccc1)NC(C)=O)c1ccccc1. The number of nitrogens with one attached hydrogen (secondary N) is 3. The summed E-state index contributed by atoms with van der Waals surface area (Å²) in [4.78, 5) is 48.3. The van der Waals surface area contributed by atoms with Crippen LogP contribution in [0.5, 0.6) is 0 Å². The molecule has 4 amide bonds. The van der Waals surface area contributed by atoms with Crippen LogP contribution >= 0.6 is 0 Å². The lowest BCUT2D eigenvalue weighted by Gasteiger charge is -2.18. The van der Waals surface area contributed by atoms with E-state index in [1.807, 2.05) is 6.07 Å². The average Bonchev–Trinajstić information content (AvgIpc) is 2.72. The predicted molar refractivity (Wildman–Crippen MR) is 106 cm³/mol. The van der Waals surface area contributed by atoms with Crippen molar-refractivity contribution in [3.8, 4) is 0 Å². The molecule has 0 aliphatic rings. The van der Waals surface area contributed by atoms with Gasteiger partial charge in [-0.2, -0.15) is 0 Å². The molecule has 0 radical (unpaired) electrons. The number of amides is 4. The van der Waals surface area contributed by atoms with Crippen LogP contribution in [0.25, 0.3) is 6.08 Å². The topological polar surface area (TPSA) is 114 Å². The molecular weight excluding hydrogens is 374 g/mol. The van der Waals surface area contributed by atoms with Crippen molar-refractivity contribution < 1.29 is 23.9 Å². The van der Waals surface area contributed by atoms with Crippen molar-refractivity contribution in [1.29, 1.82) is 0 Å². The summed E-state index contributed by atoms with van der Waals surface area (Å²) in [6.45, 7) is 1.25. The van der Waals surface area contributed by atoms with Gasteiger partial charge in [0.15, 0.2) is 0 Å². The maximum absolute atomic E-state index is 12.7. The van der Waals surface area contributed by atoms with E-state index in [0.29, 0.717) is 11.1 Å². The zero-order valence-electron chi connectivity index (χ0n) is 16.0. The number of hydrogen-bond acceptors (Lipinski definition) is 5. The Morgan fingerprint density at radius 2 is 1.48 bits per heavy atom. The number of ether oxygens (including phenoxy) is 1. The van der Waals surface area contributed by atoms with Crippen molar-refractivity contribution >= 4 is 29.9 Å². The number of carbonyl (C=O) groups is 4. The summed E-state index contributed by atoms with van der Waals surface area (Å²) < 4.78 is 5.36. The van der Waals surface area contributed by atoms with Gasteiger partial charge >= 0.3 is 12.0 Å². The smallest absolute Gasteiger partial charge is 0.355 e. The monoisotopic (exact) mass is 395 g/mol. The molecule has 0 saturated heterocycles. The third kappa shape index (κ3) is 6.62. The first-order chi connectivity index (χ1) is 13.9. The van der Waals surface area contributed by atoms with E-state index in [2.05, 4.69) is 16.0 Å². The van der Waals surface area contributed by atoms with Gasteiger partial charge < -0.3 is 15.4 Å². The number of imide groups is 1. The minimum atomic E-state index is -1.39. The Morgan fingerprint density at radius 3 is 2.03 bits per heavy atom. The van der Waals surface area contributed by atoms with Gasteiger partial charge in [0.1, 0.15) is 5.70 Å². The van der Waals surface area contributed by atoms with E-state index in [-0.39, 0.29) is 5.70 Å². The normalized spacial score (nSPS) is 11.7. The van der Waals surface area contributed by atoms with Crippen molar-refractivity contribution in [2.45, 2.75) is 13.0 Å². The Kier molecular flexibility index (Phi) is 7.67. The van der Waals surface area contributed by atoms with Gasteiger partial charge in [-0.25, -0.2) is 9.59 Å². The van der Waals surface area contributed by atoms with E-state index in [1.54, 1.807) is 54.6 Å². The third-order valence-electron chi connectivity index (χ3n) is 3.67. The van der Waals surface area contributed by atoms with Gasteiger partial charge in [-0.1, -0.05) is 60.7 Å². The number of benzene rings is 2. The third-order valence-corrected chi connectivity index (χ3v) is 3.67. The molecule has 29 heavy (non-hydrogen) atoms. The second-order valence-corrected chi connectivity index (χ2v) is 5.91. The van der Waals surface area contributed by atoms with Crippen molar-refractivity contribution in [1.82, 2.24) is 16.0 Å². The molecule has 1 unspecified atom stereocenters. The molecule has 0 heterocycles. The number of esters is 1. The molecule has 8 nitrogen and oxygen atoms in total. The number of hydrogen-bond donors (Lipinski definition) is 3. The maximum Gasteiger partial charge on any atom is 0.355 e. The molecule has 0 fully saturated rings. The molecule has 2 aromatic rings. The quantitative estimate of drug-likeness (QED) is 0.511. The Hall–Kier alpha value is -3.94. The summed E-state index contributed by atoms with van der Waals surface area (Å²) in [7, 11) is 1.35. The lowest BCUT2D eigenvalue weighted by Crippen LogP contribution is -2.41. The first-order valence-electron chi connectivity index (χ1n) is 8.73. The minimum Gasteiger partial charge on any atom is -0.443 e. The molecule has 1 atom stereocenters. The largest absolute Gasteiger partial charge is 0.443 e. The van der Waals surface area contributed by atoms with Crippen molar-refractivity contribution in [2.75, 3.05) is 7.05 Å². The predicted octanol–water partition coefficient (Wildman–Crippen LogP) is 1.90. The Labute approximate surface area is 167 Å². The lowest BCUT2D eigenvalue weighted by molar-refractivity contribution is -0.153. The van der Waals surface area contributed by atoms with Crippen LogP contribution < -0.4 is 16.0 Å². The van der Waals surface area contributed by atoms with Crippen molar-refractivity contribution in [3.05, 3.63) is 77.5 Å². The molecule has 0 aromatic heterocycles. The first kappa shape index (κ1) is 21.4. The summed E-state index contributed by atoms with van der Waals surface area (Å²) in [5, 5.41) is 6.76. The number of carbonyl (C=O) groups excluding carboxylic acids is 4. The molecule has 0 aliphatic carbocycles. The molecule has 2 rings (SSSR count). The molecule has 150 valence electrons. The van der Waals surface area contributed by atoms with Crippen LogP contribution in [0, 0.1) is 0 Å². The van der Waals surface area contributed by atoms with Gasteiger partial charge in [0, 0.05) is 19.5 Å². The van der Waals surface area contributed by atoms with E-state index >= 15 is 0 Å². The van der Waals surface area contributed by atoms with Gasteiger partial charge in [-0.3, -0.25) is 14.9 Å². The maximum atomic E-state index is 12.7. The molecule has 0 aliphatic heterocycles. The van der Waals surface area contributed by atoms with Gasteiger partial charge in [0.25, 0.3) is 5.91 Å². The van der Waals surface area contributed by atoms with Crippen LogP contribution in [-0.4, -0.2) is 30.9 Å². The van der Waals surface area contributed by atoms with E-state index in [4.69, 9.17) is 4.74 Å². The van der Waals surface area contributed by atoms with Crippen molar-refractivity contribution in [3.63, 3.8) is 0 Å². The van der Waals surface area contributed by atoms with Gasteiger partial charge in [0.2, 0.25) is 12.0 Å². The van der Waals surface area contributed by atoms with Gasteiger partial charge in [0.05, 0.1) is 0 Å². The van der Waals surface area contributed by atoms with Crippen molar-refractivity contribution in [2.24, 2.45) is 0 Å². The number of urea groups is 1. The fraction of sp³-hybridized carbons (Fsp3) is 0.143. The van der Waals surface area contributed by atoms with Crippen LogP contribution in [0.15, 0.2) is 66.4 Å². The summed E-state index contributed by atoms with van der Waals surface area (Å²) in [5.74, 6) is -2.23. The van der Waals surface area contributed by atoms with Crippen LogP contribution in [0.4, 0.5) is 4.79 Å². The van der Waals surface area contributed by atoms with E-state index in [1.165, 1.54) is 20.0 Å². The standard InChI is InChI=1S/C21H21N3O5/c1-14(25)23-17(13-15-9-5-3-6-10-15)20(27)29-18(16-11-7-4-8-12-16)19(26)24-21(28)22-2/h3-13,18H,1-2H3,(H,23,25)(H2,22,24,26,28)/b17-13-. The summed E-state index contributed by atoms with van der Waals surface area (Å²) in [6, 6.07) is 16.3. The highest BCUT2D eigenvalue weighted by molar-refractivity contribution is 6.01. The molecule has 8 heteroatoms. The van der Waals surface area contributed by atoms with E-state index in [0.717, 1.165) is 0 Å². The fourth-order valence-electron chi connectivity index (χ4n) is 2.36. The van der Waals surface area contributed by atoms with E-state index < -0.39 is 29.9 Å². The zero-order valence-corrected chi connectivity index (χ0v) is 16.0. The number of rotatable bonds is 6. The zero-order chi connectivity index (χ0) is 21.2. The molecule has 0 bridgehead atoms. The van der Waals surface area contributed by atoms with Gasteiger partial charge in [-0.15, -0.1) is 0 Å². The Morgan fingerprint density at radius 1 is 0.897 bits per heavy atom. The molecule has 2 aromatic carbocycles. The molecular formula is C21H21N3O5. The summed E-state index contributed by atoms with van der Waals surface area (Å²) in [5.41, 5.74) is 0.876. The van der Waals surface area contributed by atoms with E-state index in [9.17, 15) is 19.2 Å².